The summed E-state index contributed by atoms with van der Waals surface area (Å²) >= 11 is 0. The van der Waals surface area contributed by atoms with Gasteiger partial charge in [0.05, 0.1) is 23.4 Å². The van der Waals surface area contributed by atoms with Crippen molar-refractivity contribution in [3.63, 3.8) is 0 Å². The van der Waals surface area contributed by atoms with Gasteiger partial charge in [-0.2, -0.15) is 10.4 Å². The summed E-state index contributed by atoms with van der Waals surface area (Å²) < 4.78 is 7.31. The van der Waals surface area contributed by atoms with E-state index >= 15 is 0 Å². The molecule has 1 aromatic heterocycles. The molecule has 27 heavy (non-hydrogen) atoms. The monoisotopic (exact) mass is 359 g/mol. The Morgan fingerprint density at radius 3 is 2.37 bits per heavy atom. The van der Waals surface area contributed by atoms with Crippen molar-refractivity contribution >= 4 is 5.97 Å². The fourth-order valence-electron chi connectivity index (χ4n) is 2.94. The Labute approximate surface area is 158 Å². The molecular weight excluding hydrogens is 338 g/mol. The van der Waals surface area contributed by atoms with Gasteiger partial charge in [0.15, 0.2) is 0 Å². The number of benzene rings is 2. The van der Waals surface area contributed by atoms with Crippen LogP contribution < -0.4 is 4.74 Å². The van der Waals surface area contributed by atoms with Gasteiger partial charge in [0.25, 0.3) is 0 Å². The highest BCUT2D eigenvalue weighted by Gasteiger charge is 2.23. The van der Waals surface area contributed by atoms with Gasteiger partial charge in [-0.15, -0.1) is 0 Å². The van der Waals surface area contributed by atoms with Crippen molar-refractivity contribution < 1.29 is 9.53 Å². The first kappa shape index (κ1) is 18.4. The molecule has 0 atom stereocenters. The van der Waals surface area contributed by atoms with Crippen molar-refractivity contribution in [2.75, 3.05) is 0 Å². The summed E-state index contributed by atoms with van der Waals surface area (Å²) in [5.41, 5.74) is 4.19. The molecule has 0 fully saturated rings. The van der Waals surface area contributed by atoms with Gasteiger partial charge in [-0.1, -0.05) is 42.5 Å². The molecular formula is C22H21N3O2. The third-order valence-corrected chi connectivity index (χ3v) is 4.20. The lowest BCUT2D eigenvalue weighted by Crippen LogP contribution is -2.11. The third kappa shape index (κ3) is 4.06. The van der Waals surface area contributed by atoms with Crippen LogP contribution in [0, 0.1) is 11.3 Å². The minimum absolute atomic E-state index is 0.0287. The van der Waals surface area contributed by atoms with E-state index in [1.165, 1.54) is 6.92 Å². The van der Waals surface area contributed by atoms with Crippen LogP contribution in [0.3, 0.4) is 0 Å². The second-order valence-corrected chi connectivity index (χ2v) is 6.62. The lowest BCUT2D eigenvalue weighted by molar-refractivity contribution is -0.132. The normalized spacial score (nSPS) is 10.6. The van der Waals surface area contributed by atoms with Gasteiger partial charge in [0.1, 0.15) is 0 Å². The number of carbonyl (C=O) groups is 1. The van der Waals surface area contributed by atoms with Crippen molar-refractivity contribution in [2.45, 2.75) is 33.2 Å². The molecule has 0 saturated heterocycles. The number of carbonyl (C=O) groups excluding carboxylic acids is 1. The van der Waals surface area contributed by atoms with Crippen molar-refractivity contribution in [3.8, 4) is 23.2 Å². The van der Waals surface area contributed by atoms with E-state index in [0.29, 0.717) is 17.9 Å². The third-order valence-electron chi connectivity index (χ3n) is 4.20. The zero-order valence-electron chi connectivity index (χ0n) is 15.6. The molecule has 5 heteroatoms. The molecule has 136 valence electrons. The Morgan fingerprint density at radius 1 is 1.15 bits per heavy atom. The van der Waals surface area contributed by atoms with Gasteiger partial charge in [-0.25, -0.2) is 4.68 Å². The number of nitriles is 1. The maximum atomic E-state index is 11.7. The Kier molecular flexibility index (Phi) is 5.37. The van der Waals surface area contributed by atoms with Crippen LogP contribution in [0.5, 0.6) is 5.88 Å². The smallest absolute Gasteiger partial charge is 0.309 e. The molecule has 5 nitrogen and oxygen atoms in total. The number of esters is 1. The van der Waals surface area contributed by atoms with E-state index in [0.717, 1.165) is 22.4 Å². The minimum atomic E-state index is -0.377. The molecule has 0 aliphatic rings. The fourth-order valence-corrected chi connectivity index (χ4v) is 2.94. The highest BCUT2D eigenvalue weighted by atomic mass is 16.5. The van der Waals surface area contributed by atoms with Crippen molar-refractivity contribution in [1.29, 1.82) is 5.26 Å². The first-order valence-electron chi connectivity index (χ1n) is 8.84. The molecule has 2 aromatic carbocycles. The number of hydrogen-bond donors (Lipinski definition) is 0. The topological polar surface area (TPSA) is 67.9 Å². The Morgan fingerprint density at radius 2 is 1.81 bits per heavy atom. The zero-order chi connectivity index (χ0) is 19.4. The van der Waals surface area contributed by atoms with E-state index in [1.54, 1.807) is 16.8 Å². The van der Waals surface area contributed by atoms with E-state index in [9.17, 15) is 4.79 Å². The van der Waals surface area contributed by atoms with Crippen LogP contribution in [0.25, 0.3) is 11.3 Å². The van der Waals surface area contributed by atoms with E-state index < -0.39 is 0 Å². The van der Waals surface area contributed by atoms with E-state index in [-0.39, 0.29) is 12.0 Å². The van der Waals surface area contributed by atoms with Gasteiger partial charge in [0.2, 0.25) is 5.88 Å². The summed E-state index contributed by atoms with van der Waals surface area (Å²) in [6, 6.07) is 19.4. The molecule has 3 rings (SSSR count). The van der Waals surface area contributed by atoms with Gasteiger partial charge in [-0.3, -0.25) is 4.79 Å². The Hall–Kier alpha value is -3.39. The quantitative estimate of drug-likeness (QED) is 0.628. The van der Waals surface area contributed by atoms with Gasteiger partial charge in [-0.05, 0) is 31.5 Å². The van der Waals surface area contributed by atoms with E-state index in [2.05, 4.69) is 6.07 Å². The lowest BCUT2D eigenvalue weighted by atomic mass is 10.0. The molecule has 0 bridgehead atoms. The summed E-state index contributed by atoms with van der Waals surface area (Å²) in [5, 5.41) is 13.8. The SMILES string of the molecule is CC(=O)Oc1c(Cc2ccccc2)c(-c2ccc(C#N)cc2)nn1C(C)C. The highest BCUT2D eigenvalue weighted by Crippen LogP contribution is 2.34. The van der Waals surface area contributed by atoms with Gasteiger partial charge in [0, 0.05) is 24.5 Å². The highest BCUT2D eigenvalue weighted by molar-refractivity contribution is 5.72. The number of rotatable bonds is 5. The molecule has 0 aliphatic heterocycles. The predicted molar refractivity (Wildman–Crippen MR) is 103 cm³/mol. The predicted octanol–water partition coefficient (Wildman–Crippen LogP) is 4.52. The largest absolute Gasteiger partial charge is 0.408 e. The maximum Gasteiger partial charge on any atom is 0.309 e. The number of nitrogens with zero attached hydrogens (tertiary/aromatic N) is 3. The molecule has 0 unspecified atom stereocenters. The van der Waals surface area contributed by atoms with Crippen LogP contribution >= 0.6 is 0 Å². The van der Waals surface area contributed by atoms with Crippen LogP contribution in [0.15, 0.2) is 54.6 Å². The van der Waals surface area contributed by atoms with Crippen molar-refractivity contribution in [1.82, 2.24) is 9.78 Å². The second-order valence-electron chi connectivity index (χ2n) is 6.62. The summed E-state index contributed by atoms with van der Waals surface area (Å²) in [4.78, 5) is 11.7. The number of ether oxygens (including phenoxy) is 1. The first-order valence-corrected chi connectivity index (χ1v) is 8.84. The summed E-state index contributed by atoms with van der Waals surface area (Å²) in [6.45, 7) is 5.38. The summed E-state index contributed by atoms with van der Waals surface area (Å²) in [5.74, 6) is 0.0956. The number of hydrogen-bond acceptors (Lipinski definition) is 4. The van der Waals surface area contributed by atoms with Crippen molar-refractivity contribution in [3.05, 3.63) is 71.3 Å². The average Bonchev–Trinajstić information content (AvgIpc) is 3.00. The van der Waals surface area contributed by atoms with E-state index in [4.69, 9.17) is 15.1 Å². The van der Waals surface area contributed by atoms with Crippen LogP contribution in [-0.2, 0) is 11.2 Å². The molecule has 3 aromatic rings. The average molecular weight is 359 g/mol. The molecule has 0 aliphatic carbocycles. The molecule has 0 saturated carbocycles. The van der Waals surface area contributed by atoms with Crippen LogP contribution in [-0.4, -0.2) is 15.7 Å². The molecule has 0 radical (unpaired) electrons. The second kappa shape index (κ2) is 7.88. The zero-order valence-corrected chi connectivity index (χ0v) is 15.6. The maximum absolute atomic E-state index is 11.7. The standard InChI is InChI=1S/C22H21N3O2/c1-15(2)25-22(27-16(3)26)20(13-17-7-5-4-6-8-17)21(24-25)19-11-9-18(14-23)10-12-19/h4-12,15H,13H2,1-3H3. The Balaban J connectivity index is 2.17. The van der Waals surface area contributed by atoms with Crippen molar-refractivity contribution in [2.24, 2.45) is 0 Å². The van der Waals surface area contributed by atoms with Gasteiger partial charge < -0.3 is 4.74 Å². The first-order chi connectivity index (χ1) is 13.0. The summed E-state index contributed by atoms with van der Waals surface area (Å²) in [7, 11) is 0. The molecule has 0 spiro atoms. The Bertz CT molecular complexity index is 981. The van der Waals surface area contributed by atoms with Crippen LogP contribution in [0.1, 0.15) is 43.5 Å². The molecule has 1 heterocycles. The fraction of sp³-hybridized carbons (Fsp3) is 0.227. The summed E-state index contributed by atoms with van der Waals surface area (Å²) in [6.07, 6.45) is 0.589. The van der Waals surface area contributed by atoms with Gasteiger partial charge >= 0.3 is 5.97 Å². The molecule has 0 amide bonds. The van der Waals surface area contributed by atoms with E-state index in [1.807, 2.05) is 56.3 Å². The lowest BCUT2D eigenvalue weighted by Gasteiger charge is -2.11. The van der Waals surface area contributed by atoms with Crippen LogP contribution in [0.2, 0.25) is 0 Å². The minimum Gasteiger partial charge on any atom is -0.408 e. The van der Waals surface area contributed by atoms with Crippen LogP contribution in [0.4, 0.5) is 0 Å². The number of aromatic nitrogens is 2. The molecule has 0 N–H and O–H groups in total.